The van der Waals surface area contributed by atoms with E-state index in [1.807, 2.05) is 36.4 Å². The molecule has 7 nitrogen and oxygen atoms in total. The fourth-order valence-corrected chi connectivity index (χ4v) is 4.19. The van der Waals surface area contributed by atoms with Crippen LogP contribution in [0.4, 0.5) is 0 Å². The van der Waals surface area contributed by atoms with E-state index in [9.17, 15) is 8.42 Å². The highest BCUT2D eigenvalue weighted by molar-refractivity contribution is 7.89. The number of hydrogen-bond acceptors (Lipinski definition) is 6. The largest absolute Gasteiger partial charge is 0.497 e. The Labute approximate surface area is 150 Å². The molecular weight excluding hydrogens is 360 g/mol. The Balaban J connectivity index is 1.57. The number of benzene rings is 1. The van der Waals surface area contributed by atoms with Crippen molar-refractivity contribution >= 4 is 21.4 Å². The average Bonchev–Trinajstić information content (AvgIpc) is 3.30. The second kappa shape index (κ2) is 7.77. The molecule has 0 bridgehead atoms. The Hall–Kier alpha value is -2.23. The highest BCUT2D eigenvalue weighted by atomic mass is 32.2. The lowest BCUT2D eigenvalue weighted by atomic mass is 10.2. The van der Waals surface area contributed by atoms with Gasteiger partial charge in [-0.05, 0) is 42.0 Å². The van der Waals surface area contributed by atoms with Crippen molar-refractivity contribution < 1.29 is 13.2 Å². The zero-order chi connectivity index (χ0) is 17.7. The van der Waals surface area contributed by atoms with Crippen LogP contribution >= 0.6 is 11.3 Å². The molecule has 25 heavy (non-hydrogen) atoms. The maximum Gasteiger partial charge on any atom is 0.213 e. The molecule has 1 N–H and O–H groups in total. The molecule has 2 heterocycles. The minimum atomic E-state index is -3.37. The van der Waals surface area contributed by atoms with Crippen molar-refractivity contribution in [2.45, 2.75) is 13.1 Å². The van der Waals surface area contributed by atoms with Gasteiger partial charge in [0.2, 0.25) is 10.0 Å². The number of hydrogen-bond donors (Lipinski definition) is 1. The van der Waals surface area contributed by atoms with Crippen LogP contribution in [-0.4, -0.2) is 36.3 Å². The first kappa shape index (κ1) is 17.6. The first-order valence-corrected chi connectivity index (χ1v) is 10.1. The van der Waals surface area contributed by atoms with Gasteiger partial charge >= 0.3 is 0 Å². The summed E-state index contributed by atoms with van der Waals surface area (Å²) in [5.41, 5.74) is 1.08. The molecule has 0 spiro atoms. The van der Waals surface area contributed by atoms with Crippen molar-refractivity contribution in [1.29, 1.82) is 0 Å². The van der Waals surface area contributed by atoms with Crippen LogP contribution in [0.15, 0.2) is 48.8 Å². The number of nitrogens with one attached hydrogen (secondary N) is 1. The molecule has 0 aliphatic carbocycles. The standard InChI is InChI=1S/C16H18N4O3S2/c1-23-14-4-2-13(3-5-14)16-7-6-15(24-16)12-18-25(21,22)11-10-20-9-8-17-19-20/h2-9,18H,10-12H2,1H3. The maximum atomic E-state index is 12.1. The Morgan fingerprint density at radius 3 is 2.68 bits per heavy atom. The van der Waals surface area contributed by atoms with Crippen molar-refractivity contribution in [3.05, 3.63) is 53.7 Å². The van der Waals surface area contributed by atoms with E-state index >= 15 is 0 Å². The highest BCUT2D eigenvalue weighted by Crippen LogP contribution is 2.29. The highest BCUT2D eigenvalue weighted by Gasteiger charge is 2.12. The Morgan fingerprint density at radius 2 is 2.00 bits per heavy atom. The molecule has 0 aliphatic rings. The number of aryl methyl sites for hydroxylation is 1. The van der Waals surface area contributed by atoms with Gasteiger partial charge in [-0.15, -0.1) is 16.4 Å². The summed E-state index contributed by atoms with van der Waals surface area (Å²) in [4.78, 5) is 2.04. The molecule has 0 saturated carbocycles. The second-order valence-electron chi connectivity index (χ2n) is 5.30. The minimum Gasteiger partial charge on any atom is -0.497 e. The molecule has 1 aromatic carbocycles. The van der Waals surface area contributed by atoms with E-state index in [0.717, 1.165) is 21.1 Å². The van der Waals surface area contributed by atoms with Crippen LogP contribution in [0.25, 0.3) is 10.4 Å². The summed E-state index contributed by atoms with van der Waals surface area (Å²) in [7, 11) is -1.74. The van der Waals surface area contributed by atoms with Crippen molar-refractivity contribution in [3.8, 4) is 16.2 Å². The van der Waals surface area contributed by atoms with Gasteiger partial charge in [-0.2, -0.15) is 0 Å². The molecule has 0 atom stereocenters. The van der Waals surface area contributed by atoms with E-state index in [0.29, 0.717) is 0 Å². The molecule has 0 fully saturated rings. The first-order valence-electron chi connectivity index (χ1n) is 7.60. The molecule has 0 amide bonds. The lowest BCUT2D eigenvalue weighted by molar-refractivity contribution is 0.415. The van der Waals surface area contributed by atoms with Crippen molar-refractivity contribution in [2.75, 3.05) is 12.9 Å². The lowest BCUT2D eigenvalue weighted by Gasteiger charge is -2.05. The molecule has 2 aromatic heterocycles. The van der Waals surface area contributed by atoms with Crippen LogP contribution in [0.2, 0.25) is 0 Å². The van der Waals surface area contributed by atoms with Gasteiger partial charge in [0.25, 0.3) is 0 Å². The Morgan fingerprint density at radius 1 is 1.20 bits per heavy atom. The van der Waals surface area contributed by atoms with E-state index < -0.39 is 10.0 Å². The predicted octanol–water partition coefficient (Wildman–Crippen LogP) is 2.13. The molecule has 3 aromatic rings. The summed E-state index contributed by atoms with van der Waals surface area (Å²) in [6.07, 6.45) is 3.16. The molecule has 0 unspecified atom stereocenters. The van der Waals surface area contributed by atoms with E-state index in [-0.39, 0.29) is 18.8 Å². The normalized spacial score (nSPS) is 11.6. The van der Waals surface area contributed by atoms with Gasteiger partial charge in [0.15, 0.2) is 0 Å². The number of methoxy groups -OCH3 is 1. The summed E-state index contributed by atoms with van der Waals surface area (Å²) in [5, 5.41) is 7.40. The van der Waals surface area contributed by atoms with Crippen LogP contribution < -0.4 is 9.46 Å². The second-order valence-corrected chi connectivity index (χ2v) is 8.40. The Kier molecular flexibility index (Phi) is 5.47. The van der Waals surface area contributed by atoms with E-state index in [2.05, 4.69) is 15.0 Å². The van der Waals surface area contributed by atoms with Crippen LogP contribution in [-0.2, 0) is 23.1 Å². The molecule has 132 valence electrons. The van der Waals surface area contributed by atoms with Crippen molar-refractivity contribution in [1.82, 2.24) is 19.7 Å². The predicted molar refractivity (Wildman–Crippen MR) is 97.0 cm³/mol. The van der Waals surface area contributed by atoms with Crippen LogP contribution in [0, 0.1) is 0 Å². The Bertz CT molecular complexity index is 903. The minimum absolute atomic E-state index is 0.0347. The van der Waals surface area contributed by atoms with E-state index in [1.54, 1.807) is 24.6 Å². The number of sulfonamides is 1. The average molecular weight is 378 g/mol. The molecular formula is C16H18N4O3S2. The summed E-state index contributed by atoms with van der Waals surface area (Å²) >= 11 is 1.56. The zero-order valence-corrected chi connectivity index (χ0v) is 15.3. The van der Waals surface area contributed by atoms with Crippen molar-refractivity contribution in [2.24, 2.45) is 0 Å². The number of ether oxygens (including phenoxy) is 1. The smallest absolute Gasteiger partial charge is 0.213 e. The van der Waals surface area contributed by atoms with Crippen LogP contribution in [0.3, 0.4) is 0 Å². The SMILES string of the molecule is COc1ccc(-c2ccc(CNS(=O)(=O)CCn3ccnn3)s2)cc1. The lowest BCUT2D eigenvalue weighted by Crippen LogP contribution is -2.27. The summed E-state index contributed by atoms with van der Waals surface area (Å²) in [6, 6.07) is 11.7. The van der Waals surface area contributed by atoms with Crippen LogP contribution in [0.5, 0.6) is 5.75 Å². The third kappa shape index (κ3) is 4.88. The van der Waals surface area contributed by atoms with Gasteiger partial charge in [-0.3, -0.25) is 4.68 Å². The number of aromatic nitrogens is 3. The summed E-state index contributed by atoms with van der Waals surface area (Å²) in [6.45, 7) is 0.553. The fourth-order valence-electron chi connectivity index (χ4n) is 2.20. The van der Waals surface area contributed by atoms with Gasteiger partial charge in [-0.25, -0.2) is 13.1 Å². The van der Waals surface area contributed by atoms with Gasteiger partial charge in [0.1, 0.15) is 5.75 Å². The van der Waals surface area contributed by atoms with Gasteiger partial charge in [-0.1, -0.05) is 5.21 Å². The topological polar surface area (TPSA) is 86.1 Å². The molecule has 0 saturated heterocycles. The third-order valence-corrected chi connectivity index (χ3v) is 6.00. The molecule has 3 rings (SSSR count). The summed E-state index contributed by atoms with van der Waals surface area (Å²) < 4.78 is 33.4. The van der Waals surface area contributed by atoms with Crippen molar-refractivity contribution in [3.63, 3.8) is 0 Å². The maximum absolute atomic E-state index is 12.1. The van der Waals surface area contributed by atoms with E-state index in [1.165, 1.54) is 10.9 Å². The first-order chi connectivity index (χ1) is 12.1. The number of nitrogens with zero attached hydrogens (tertiary/aromatic N) is 3. The van der Waals surface area contributed by atoms with Gasteiger partial charge < -0.3 is 4.74 Å². The van der Waals surface area contributed by atoms with Gasteiger partial charge in [0, 0.05) is 22.5 Å². The van der Waals surface area contributed by atoms with Crippen LogP contribution in [0.1, 0.15) is 4.88 Å². The number of rotatable bonds is 8. The quantitative estimate of drug-likeness (QED) is 0.649. The monoisotopic (exact) mass is 378 g/mol. The number of thiophene rings is 1. The summed E-state index contributed by atoms with van der Waals surface area (Å²) in [5.74, 6) is 0.772. The molecule has 9 heteroatoms. The zero-order valence-electron chi connectivity index (χ0n) is 13.6. The van der Waals surface area contributed by atoms with Gasteiger partial charge in [0.05, 0.1) is 25.6 Å². The molecule has 0 aliphatic heterocycles. The fraction of sp³-hybridized carbons (Fsp3) is 0.250. The van der Waals surface area contributed by atoms with E-state index in [4.69, 9.17) is 4.74 Å². The molecule has 0 radical (unpaired) electrons. The third-order valence-electron chi connectivity index (χ3n) is 3.56.